The molecular weight excluding hydrogens is 222 g/mol. The Morgan fingerprint density at radius 1 is 1.28 bits per heavy atom. The number of hydrogen-bond donors (Lipinski definition) is 0. The molecule has 2 heteroatoms. The van der Waals surface area contributed by atoms with Gasteiger partial charge in [-0.05, 0) is 39.3 Å². The lowest BCUT2D eigenvalue weighted by Crippen LogP contribution is -2.38. The number of carbonyl (C=O) groups excluding carboxylic acids is 1. The Labute approximate surface area is 111 Å². The molecular formula is C16H25NO. The maximum absolute atomic E-state index is 12.0. The predicted octanol–water partition coefficient (Wildman–Crippen LogP) is 4.29. The van der Waals surface area contributed by atoms with Gasteiger partial charge in [0, 0.05) is 30.3 Å². The second-order valence-corrected chi connectivity index (χ2v) is 5.81. The minimum absolute atomic E-state index is 0.0606. The Hall–Kier alpha value is -1.31. The Bertz CT molecular complexity index is 404. The van der Waals surface area contributed by atoms with Gasteiger partial charge in [0.2, 0.25) is 0 Å². The lowest BCUT2D eigenvalue weighted by molar-refractivity contribution is 0.0980. The van der Waals surface area contributed by atoms with Gasteiger partial charge in [-0.15, -0.1) is 0 Å². The van der Waals surface area contributed by atoms with Gasteiger partial charge in [-0.3, -0.25) is 4.79 Å². The van der Waals surface area contributed by atoms with E-state index in [1.54, 1.807) is 0 Å². The summed E-state index contributed by atoms with van der Waals surface area (Å²) < 4.78 is 0. The minimum atomic E-state index is 0.0606. The summed E-state index contributed by atoms with van der Waals surface area (Å²) in [5.74, 6) is 0.251. The van der Waals surface area contributed by atoms with E-state index in [9.17, 15) is 4.79 Å². The average Bonchev–Trinajstić information content (AvgIpc) is 2.34. The summed E-state index contributed by atoms with van der Waals surface area (Å²) in [6.45, 7) is 8.60. The number of carbonyl (C=O) groups is 1. The number of nitrogens with zero attached hydrogens (tertiary/aromatic N) is 1. The first-order chi connectivity index (χ1) is 8.36. The number of benzene rings is 1. The Morgan fingerprint density at radius 2 is 1.94 bits per heavy atom. The van der Waals surface area contributed by atoms with Gasteiger partial charge in [-0.1, -0.05) is 25.5 Å². The molecule has 18 heavy (non-hydrogen) atoms. The van der Waals surface area contributed by atoms with Crippen LogP contribution in [0.2, 0.25) is 0 Å². The second-order valence-electron chi connectivity index (χ2n) is 5.81. The lowest BCUT2D eigenvalue weighted by atomic mass is 10.0. The molecule has 0 heterocycles. The molecule has 0 aliphatic carbocycles. The van der Waals surface area contributed by atoms with Crippen LogP contribution in [0.1, 0.15) is 57.3 Å². The van der Waals surface area contributed by atoms with Crippen molar-refractivity contribution in [2.75, 3.05) is 11.9 Å². The summed E-state index contributed by atoms with van der Waals surface area (Å²) in [7, 11) is 2.07. The molecule has 0 saturated carbocycles. The molecule has 100 valence electrons. The standard InChI is InChI=1S/C16H25NO/c1-6-7-11-15(18)13-9-8-10-14(12-13)17(5)16(2,3)4/h8-10,12H,6-7,11H2,1-5H3. The summed E-state index contributed by atoms with van der Waals surface area (Å²) in [4.78, 5) is 14.2. The fraction of sp³-hybridized carbons (Fsp3) is 0.562. The highest BCUT2D eigenvalue weighted by molar-refractivity contribution is 5.96. The molecule has 0 aromatic heterocycles. The van der Waals surface area contributed by atoms with Crippen molar-refractivity contribution in [3.8, 4) is 0 Å². The van der Waals surface area contributed by atoms with Gasteiger partial charge in [0.1, 0.15) is 0 Å². The van der Waals surface area contributed by atoms with Gasteiger partial charge in [-0.2, -0.15) is 0 Å². The first-order valence-corrected chi connectivity index (χ1v) is 6.73. The smallest absolute Gasteiger partial charge is 0.162 e. The van der Waals surface area contributed by atoms with Gasteiger partial charge in [-0.25, -0.2) is 0 Å². The van der Waals surface area contributed by atoms with E-state index >= 15 is 0 Å². The van der Waals surface area contributed by atoms with Crippen LogP contribution in [0.15, 0.2) is 24.3 Å². The van der Waals surface area contributed by atoms with Crippen LogP contribution in [0.5, 0.6) is 0 Å². The van der Waals surface area contributed by atoms with Crippen molar-refractivity contribution in [3.05, 3.63) is 29.8 Å². The van der Waals surface area contributed by atoms with Crippen molar-refractivity contribution >= 4 is 11.5 Å². The molecule has 0 spiro atoms. The second kappa shape index (κ2) is 6.03. The zero-order valence-electron chi connectivity index (χ0n) is 12.3. The molecule has 1 aromatic carbocycles. The van der Waals surface area contributed by atoms with E-state index in [-0.39, 0.29) is 11.3 Å². The van der Waals surface area contributed by atoms with Gasteiger partial charge in [0.25, 0.3) is 0 Å². The van der Waals surface area contributed by atoms with E-state index in [4.69, 9.17) is 0 Å². The molecule has 0 amide bonds. The minimum Gasteiger partial charge on any atom is -0.370 e. The van der Waals surface area contributed by atoms with Crippen LogP contribution in [0.25, 0.3) is 0 Å². The molecule has 1 aromatic rings. The van der Waals surface area contributed by atoms with Crippen molar-refractivity contribution in [1.29, 1.82) is 0 Å². The van der Waals surface area contributed by atoms with E-state index in [1.807, 2.05) is 18.2 Å². The van der Waals surface area contributed by atoms with Crippen LogP contribution in [0, 0.1) is 0 Å². The van der Waals surface area contributed by atoms with Gasteiger partial charge in [0.15, 0.2) is 5.78 Å². The molecule has 0 atom stereocenters. The van der Waals surface area contributed by atoms with Crippen LogP contribution in [0.3, 0.4) is 0 Å². The summed E-state index contributed by atoms with van der Waals surface area (Å²) in [5.41, 5.74) is 1.99. The third-order valence-electron chi connectivity index (χ3n) is 3.32. The van der Waals surface area contributed by atoms with E-state index in [2.05, 4.69) is 45.7 Å². The molecule has 0 radical (unpaired) electrons. The molecule has 0 bridgehead atoms. The van der Waals surface area contributed by atoms with E-state index in [1.165, 1.54) is 0 Å². The van der Waals surface area contributed by atoms with E-state index in [0.717, 1.165) is 24.1 Å². The molecule has 0 unspecified atom stereocenters. The molecule has 0 fully saturated rings. The van der Waals surface area contributed by atoms with Crippen LogP contribution < -0.4 is 4.90 Å². The maximum atomic E-state index is 12.0. The SMILES string of the molecule is CCCCC(=O)c1cccc(N(C)C(C)(C)C)c1. The molecule has 1 rings (SSSR count). The molecule has 0 N–H and O–H groups in total. The number of anilines is 1. The van der Waals surface area contributed by atoms with Crippen molar-refractivity contribution in [1.82, 2.24) is 0 Å². The van der Waals surface area contributed by atoms with E-state index < -0.39 is 0 Å². The lowest BCUT2D eigenvalue weighted by Gasteiger charge is -2.34. The number of hydrogen-bond acceptors (Lipinski definition) is 2. The first-order valence-electron chi connectivity index (χ1n) is 6.73. The van der Waals surface area contributed by atoms with Crippen molar-refractivity contribution in [2.45, 2.75) is 52.5 Å². The largest absolute Gasteiger partial charge is 0.370 e. The van der Waals surface area contributed by atoms with Crippen LogP contribution in [-0.4, -0.2) is 18.4 Å². The highest BCUT2D eigenvalue weighted by Crippen LogP contribution is 2.23. The summed E-state index contributed by atoms with van der Waals surface area (Å²) in [6, 6.07) is 7.94. The number of unbranched alkanes of at least 4 members (excludes halogenated alkanes) is 1. The number of rotatable bonds is 5. The van der Waals surface area contributed by atoms with Crippen LogP contribution in [0.4, 0.5) is 5.69 Å². The van der Waals surface area contributed by atoms with Gasteiger partial charge >= 0.3 is 0 Å². The quantitative estimate of drug-likeness (QED) is 0.723. The molecule has 2 nitrogen and oxygen atoms in total. The van der Waals surface area contributed by atoms with Crippen molar-refractivity contribution < 1.29 is 4.79 Å². The predicted molar refractivity (Wildman–Crippen MR) is 78.5 cm³/mol. The number of ketones is 1. The fourth-order valence-corrected chi connectivity index (χ4v) is 1.76. The Balaban J connectivity index is 2.89. The third kappa shape index (κ3) is 3.86. The normalized spacial score (nSPS) is 11.4. The summed E-state index contributed by atoms with van der Waals surface area (Å²) >= 11 is 0. The van der Waals surface area contributed by atoms with Crippen molar-refractivity contribution in [3.63, 3.8) is 0 Å². The highest BCUT2D eigenvalue weighted by Gasteiger charge is 2.18. The third-order valence-corrected chi connectivity index (χ3v) is 3.32. The van der Waals surface area contributed by atoms with Crippen LogP contribution in [-0.2, 0) is 0 Å². The maximum Gasteiger partial charge on any atom is 0.162 e. The monoisotopic (exact) mass is 247 g/mol. The zero-order chi connectivity index (χ0) is 13.8. The number of Topliss-reactive ketones (excluding diaryl/α,β-unsaturated/α-hetero) is 1. The highest BCUT2D eigenvalue weighted by atomic mass is 16.1. The van der Waals surface area contributed by atoms with Crippen LogP contribution >= 0.6 is 0 Å². The Morgan fingerprint density at radius 3 is 2.50 bits per heavy atom. The Kier molecular flexibility index (Phi) is 4.94. The molecule has 0 saturated heterocycles. The van der Waals surface area contributed by atoms with Gasteiger partial charge in [0.05, 0.1) is 0 Å². The fourth-order valence-electron chi connectivity index (χ4n) is 1.76. The molecule has 0 aliphatic heterocycles. The first kappa shape index (κ1) is 14.7. The van der Waals surface area contributed by atoms with Gasteiger partial charge < -0.3 is 4.90 Å². The average molecular weight is 247 g/mol. The van der Waals surface area contributed by atoms with Crippen molar-refractivity contribution in [2.24, 2.45) is 0 Å². The summed E-state index contributed by atoms with van der Waals surface area (Å²) in [6.07, 6.45) is 2.69. The zero-order valence-corrected chi connectivity index (χ0v) is 12.3. The van der Waals surface area contributed by atoms with E-state index in [0.29, 0.717) is 6.42 Å². The topological polar surface area (TPSA) is 20.3 Å². The summed E-state index contributed by atoms with van der Waals surface area (Å²) in [5, 5.41) is 0. The molecule has 0 aliphatic rings.